The molecule has 1 N–H and O–H groups in total. The maximum atomic E-state index is 12.8. The number of amides is 1. The Labute approximate surface area is 194 Å². The second-order valence-electron chi connectivity index (χ2n) is 7.48. The van der Waals surface area contributed by atoms with Crippen LogP contribution >= 0.6 is 23.5 Å². The summed E-state index contributed by atoms with van der Waals surface area (Å²) in [6.07, 6.45) is 1.76. The molecule has 160 valence electrons. The number of carbonyl (C=O) groups excluding carboxylic acids is 1. The highest BCUT2D eigenvalue weighted by atomic mass is 32.2. The molecule has 1 aromatic heterocycles. The lowest BCUT2D eigenvalue weighted by Gasteiger charge is -2.20. The molecule has 2 aliphatic heterocycles. The zero-order valence-corrected chi connectivity index (χ0v) is 19.5. The van der Waals surface area contributed by atoms with Crippen molar-refractivity contribution >= 4 is 61.7 Å². The van der Waals surface area contributed by atoms with E-state index < -0.39 is 5.91 Å². The smallest absolute Gasteiger partial charge is 0.283 e. The molecule has 0 atom stereocenters. The molecule has 1 amide bonds. The van der Waals surface area contributed by atoms with Gasteiger partial charge in [0.15, 0.2) is 10.2 Å². The normalized spacial score (nSPS) is 17.2. The Bertz CT molecular complexity index is 1380. The van der Waals surface area contributed by atoms with E-state index in [-0.39, 0.29) is 11.4 Å². The predicted molar refractivity (Wildman–Crippen MR) is 136 cm³/mol. The first-order valence-corrected chi connectivity index (χ1v) is 12.1. The van der Waals surface area contributed by atoms with Crippen LogP contribution in [0.4, 0.5) is 0 Å². The van der Waals surface area contributed by atoms with Crippen LogP contribution in [-0.4, -0.2) is 36.6 Å². The molecule has 0 aliphatic carbocycles. The summed E-state index contributed by atoms with van der Waals surface area (Å²) < 4.78 is 3.00. The number of aryl methyl sites for hydroxylation is 1. The van der Waals surface area contributed by atoms with E-state index in [1.165, 1.54) is 22.2 Å². The summed E-state index contributed by atoms with van der Waals surface area (Å²) in [5.41, 5.74) is 4.29. The van der Waals surface area contributed by atoms with Gasteiger partial charge >= 0.3 is 0 Å². The van der Waals surface area contributed by atoms with Gasteiger partial charge in [-0.15, -0.1) is 5.10 Å². The zero-order valence-electron chi connectivity index (χ0n) is 17.9. The molecule has 2 aliphatic rings. The Morgan fingerprint density at radius 3 is 2.75 bits per heavy atom. The Hall–Kier alpha value is -3.10. The Morgan fingerprint density at radius 1 is 1.16 bits per heavy atom. The Balaban J connectivity index is 1.58. The molecule has 8 heteroatoms. The number of rotatable bonds is 3. The third-order valence-electron chi connectivity index (χ3n) is 5.48. The van der Waals surface area contributed by atoms with Crippen molar-refractivity contribution in [1.82, 2.24) is 9.58 Å². The van der Waals surface area contributed by atoms with Gasteiger partial charge in [0, 0.05) is 16.8 Å². The topological polar surface area (TPSA) is 73.8 Å². The fourth-order valence-electron chi connectivity index (χ4n) is 4.02. The number of hydrogen-bond acceptors (Lipinski definition) is 5. The van der Waals surface area contributed by atoms with Gasteiger partial charge in [-0.2, -0.15) is 10.0 Å². The molecule has 0 spiro atoms. The van der Waals surface area contributed by atoms with E-state index in [0.717, 1.165) is 38.2 Å². The highest BCUT2D eigenvalue weighted by molar-refractivity contribution is 8.45. The van der Waals surface area contributed by atoms with Crippen molar-refractivity contribution in [2.45, 2.75) is 20.8 Å². The molecular formula is C24H21N5OS2. The number of carbonyl (C=O) groups is 1. The van der Waals surface area contributed by atoms with Gasteiger partial charge in [-0.05, 0) is 60.5 Å². The summed E-state index contributed by atoms with van der Waals surface area (Å²) in [4.78, 5) is 16.9. The van der Waals surface area contributed by atoms with Crippen LogP contribution in [0.5, 0.6) is 0 Å². The molecule has 2 aromatic carbocycles. The van der Waals surface area contributed by atoms with Crippen molar-refractivity contribution < 1.29 is 4.79 Å². The van der Waals surface area contributed by atoms with E-state index in [0.29, 0.717) is 5.17 Å². The predicted octanol–water partition coefficient (Wildman–Crippen LogP) is 5.58. The fourth-order valence-corrected chi connectivity index (χ4v) is 5.84. The molecule has 32 heavy (non-hydrogen) atoms. The summed E-state index contributed by atoms with van der Waals surface area (Å²) in [5, 5.41) is 17.3. The van der Waals surface area contributed by atoms with E-state index in [4.69, 9.17) is 5.41 Å². The van der Waals surface area contributed by atoms with Gasteiger partial charge in [0.25, 0.3) is 5.91 Å². The molecule has 0 saturated heterocycles. The van der Waals surface area contributed by atoms with Crippen LogP contribution in [-0.2, 0) is 4.79 Å². The molecule has 0 saturated carbocycles. The Morgan fingerprint density at radius 2 is 1.94 bits per heavy atom. The van der Waals surface area contributed by atoms with Crippen LogP contribution < -0.4 is 0 Å². The number of nitrogens with zero attached hydrogens (tertiary/aromatic N) is 4. The minimum atomic E-state index is -0.401. The van der Waals surface area contributed by atoms with Crippen LogP contribution in [0.25, 0.3) is 22.5 Å². The summed E-state index contributed by atoms with van der Waals surface area (Å²) >= 11 is 2.92. The molecule has 0 fully saturated rings. The monoisotopic (exact) mass is 459 g/mol. The van der Waals surface area contributed by atoms with Crippen LogP contribution in [0.3, 0.4) is 0 Å². The number of aliphatic imine (C=N–C) groups is 1. The first kappa shape index (κ1) is 20.8. The number of amidine groups is 2. The summed E-state index contributed by atoms with van der Waals surface area (Å²) in [6.45, 7) is 6.13. The maximum Gasteiger partial charge on any atom is 0.283 e. The summed E-state index contributed by atoms with van der Waals surface area (Å²) in [5.74, 6) is 0.535. The number of fused-ring (bicyclic) bond motifs is 2. The van der Waals surface area contributed by atoms with Gasteiger partial charge in [0.2, 0.25) is 5.17 Å². The lowest BCUT2D eigenvalue weighted by atomic mass is 10.1. The minimum absolute atomic E-state index is 0.0640. The first-order valence-electron chi connectivity index (χ1n) is 10.3. The highest BCUT2D eigenvalue weighted by Crippen LogP contribution is 2.33. The third kappa shape index (κ3) is 3.40. The van der Waals surface area contributed by atoms with Gasteiger partial charge in [0.1, 0.15) is 0 Å². The molecule has 6 nitrogen and oxygen atoms in total. The first-order chi connectivity index (χ1) is 15.5. The van der Waals surface area contributed by atoms with E-state index >= 15 is 0 Å². The minimum Gasteiger partial charge on any atom is -0.317 e. The van der Waals surface area contributed by atoms with Crippen LogP contribution in [0.1, 0.15) is 23.9 Å². The number of hydrogen-bond donors (Lipinski definition) is 1. The Kier molecular flexibility index (Phi) is 5.27. The molecule has 3 heterocycles. The number of benzene rings is 2. The van der Waals surface area contributed by atoms with E-state index in [9.17, 15) is 4.79 Å². The van der Waals surface area contributed by atoms with Gasteiger partial charge in [-0.3, -0.25) is 10.2 Å². The molecule has 0 radical (unpaired) electrons. The molecule has 3 aromatic rings. The molecule has 0 bridgehead atoms. The van der Waals surface area contributed by atoms with Gasteiger partial charge < -0.3 is 4.57 Å². The zero-order chi connectivity index (χ0) is 22.4. The van der Waals surface area contributed by atoms with Crippen molar-refractivity contribution in [3.05, 3.63) is 71.1 Å². The standard InChI is InChI=1S/C24H21N5OS2/c1-4-31-24-27-29-21(25)19(22(30)26-23(29)32-24)13-17-12-14(2)28(15(17)3)20-11-7-9-16-8-5-6-10-18(16)20/h5-13,25H,4H2,1-3H3. The lowest BCUT2D eigenvalue weighted by Crippen LogP contribution is -2.35. The lowest BCUT2D eigenvalue weighted by molar-refractivity contribution is -0.114. The van der Waals surface area contributed by atoms with Crippen molar-refractivity contribution in [3.63, 3.8) is 0 Å². The second kappa shape index (κ2) is 8.11. The highest BCUT2D eigenvalue weighted by Gasteiger charge is 2.35. The summed E-state index contributed by atoms with van der Waals surface area (Å²) in [6, 6.07) is 16.6. The maximum absolute atomic E-state index is 12.8. The van der Waals surface area contributed by atoms with Crippen molar-refractivity contribution in [2.75, 3.05) is 5.75 Å². The van der Waals surface area contributed by atoms with Crippen LogP contribution in [0.15, 0.2) is 64.2 Å². The number of nitrogens with one attached hydrogen (secondary N) is 1. The van der Waals surface area contributed by atoms with E-state index in [1.54, 1.807) is 17.8 Å². The summed E-state index contributed by atoms with van der Waals surface area (Å²) in [7, 11) is 0. The average molecular weight is 460 g/mol. The molecular weight excluding hydrogens is 438 g/mol. The van der Waals surface area contributed by atoms with Gasteiger partial charge in [-0.25, -0.2) is 0 Å². The largest absolute Gasteiger partial charge is 0.317 e. The number of thioether (sulfide) groups is 2. The van der Waals surface area contributed by atoms with E-state index in [2.05, 4.69) is 51.9 Å². The second-order valence-corrected chi connectivity index (χ2v) is 9.95. The van der Waals surface area contributed by atoms with Crippen molar-refractivity contribution in [3.8, 4) is 5.69 Å². The van der Waals surface area contributed by atoms with E-state index in [1.807, 2.05) is 32.0 Å². The molecule has 0 unspecified atom stereocenters. The molecule has 5 rings (SSSR count). The quantitative estimate of drug-likeness (QED) is 0.519. The SMILES string of the molecule is CCSC1=NN2C(=N)C(=Cc3cc(C)n(-c4cccc5ccccc45)c3C)C(=O)N=C2S1. The number of aromatic nitrogens is 1. The van der Waals surface area contributed by atoms with Crippen molar-refractivity contribution in [2.24, 2.45) is 10.1 Å². The van der Waals surface area contributed by atoms with Gasteiger partial charge in [0.05, 0.1) is 11.3 Å². The van der Waals surface area contributed by atoms with Crippen LogP contribution in [0.2, 0.25) is 0 Å². The third-order valence-corrected chi connectivity index (χ3v) is 7.41. The fraction of sp³-hybridized carbons (Fsp3) is 0.167. The van der Waals surface area contributed by atoms with Gasteiger partial charge in [-0.1, -0.05) is 55.1 Å². The van der Waals surface area contributed by atoms with Crippen molar-refractivity contribution in [1.29, 1.82) is 5.41 Å². The van der Waals surface area contributed by atoms with Crippen LogP contribution in [0, 0.1) is 19.3 Å². The average Bonchev–Trinajstić information content (AvgIpc) is 3.30. The number of hydrazone groups is 1.